The Balaban J connectivity index is 1.68. The summed E-state index contributed by atoms with van der Waals surface area (Å²) in [5.41, 5.74) is 8.75. The van der Waals surface area contributed by atoms with Gasteiger partial charge >= 0.3 is 6.03 Å². The molecule has 0 bridgehead atoms. The van der Waals surface area contributed by atoms with E-state index < -0.39 is 0 Å². The van der Waals surface area contributed by atoms with Crippen LogP contribution in [0.3, 0.4) is 0 Å². The average Bonchev–Trinajstić information content (AvgIpc) is 2.68. The Morgan fingerprint density at radius 3 is 2.72 bits per heavy atom. The number of carbonyl (C=O) groups excluding carboxylic acids is 1. The summed E-state index contributed by atoms with van der Waals surface area (Å²) < 4.78 is 5.27. The molecule has 2 aromatic carbocycles. The van der Waals surface area contributed by atoms with Crippen molar-refractivity contribution in [2.24, 2.45) is 5.73 Å². The quantitative estimate of drug-likeness (QED) is 0.892. The SMILES string of the molecule is COc1cccc(-c2ccc(NC(=O)N3CCCC[C@H]3CN)cc2)c1. The van der Waals surface area contributed by atoms with Crippen LogP contribution in [-0.2, 0) is 0 Å². The van der Waals surface area contributed by atoms with Crippen LogP contribution in [0.15, 0.2) is 48.5 Å². The number of nitrogens with one attached hydrogen (secondary N) is 1. The maximum absolute atomic E-state index is 12.5. The van der Waals surface area contributed by atoms with E-state index in [1.54, 1.807) is 7.11 Å². The monoisotopic (exact) mass is 339 g/mol. The van der Waals surface area contributed by atoms with E-state index in [0.717, 1.165) is 48.4 Å². The third kappa shape index (κ3) is 4.12. The summed E-state index contributed by atoms with van der Waals surface area (Å²) >= 11 is 0. The first kappa shape index (κ1) is 17.3. The van der Waals surface area contributed by atoms with Crippen LogP contribution in [0.5, 0.6) is 5.75 Å². The third-order valence-electron chi connectivity index (χ3n) is 4.70. The Bertz CT molecular complexity index is 715. The average molecular weight is 339 g/mol. The summed E-state index contributed by atoms with van der Waals surface area (Å²) in [6.07, 6.45) is 3.16. The van der Waals surface area contributed by atoms with E-state index in [-0.39, 0.29) is 12.1 Å². The highest BCUT2D eigenvalue weighted by Crippen LogP contribution is 2.25. The normalized spacial score (nSPS) is 17.2. The van der Waals surface area contributed by atoms with Crippen LogP contribution in [0.25, 0.3) is 11.1 Å². The van der Waals surface area contributed by atoms with Crippen molar-refractivity contribution in [1.82, 2.24) is 4.90 Å². The van der Waals surface area contributed by atoms with Crippen molar-refractivity contribution in [1.29, 1.82) is 0 Å². The summed E-state index contributed by atoms with van der Waals surface area (Å²) in [4.78, 5) is 14.4. The van der Waals surface area contributed by atoms with Gasteiger partial charge in [0.25, 0.3) is 0 Å². The molecular formula is C20H25N3O2. The topological polar surface area (TPSA) is 67.6 Å². The largest absolute Gasteiger partial charge is 0.497 e. The number of hydrogen-bond donors (Lipinski definition) is 2. The number of methoxy groups -OCH3 is 1. The Labute approximate surface area is 148 Å². The smallest absolute Gasteiger partial charge is 0.322 e. The number of benzene rings is 2. The Morgan fingerprint density at radius 2 is 2.00 bits per heavy atom. The molecule has 2 amide bonds. The zero-order valence-corrected chi connectivity index (χ0v) is 14.6. The van der Waals surface area contributed by atoms with Crippen LogP contribution in [0.2, 0.25) is 0 Å². The summed E-state index contributed by atoms with van der Waals surface area (Å²) in [5.74, 6) is 0.827. The van der Waals surface area contributed by atoms with E-state index in [1.165, 1.54) is 0 Å². The first-order valence-corrected chi connectivity index (χ1v) is 8.73. The van der Waals surface area contributed by atoms with Crippen molar-refractivity contribution in [3.8, 4) is 16.9 Å². The maximum atomic E-state index is 12.5. The van der Waals surface area contributed by atoms with Gasteiger partial charge in [-0.15, -0.1) is 0 Å². The fraction of sp³-hybridized carbons (Fsp3) is 0.350. The van der Waals surface area contributed by atoms with Gasteiger partial charge in [0.1, 0.15) is 5.75 Å². The van der Waals surface area contributed by atoms with Crippen molar-refractivity contribution >= 4 is 11.7 Å². The summed E-state index contributed by atoms with van der Waals surface area (Å²) in [6, 6.07) is 15.8. The highest BCUT2D eigenvalue weighted by molar-refractivity contribution is 5.90. The predicted molar refractivity (Wildman–Crippen MR) is 101 cm³/mol. The van der Waals surface area contributed by atoms with E-state index in [9.17, 15) is 4.79 Å². The lowest BCUT2D eigenvalue weighted by Gasteiger charge is -2.34. The van der Waals surface area contributed by atoms with Crippen molar-refractivity contribution in [2.75, 3.05) is 25.5 Å². The van der Waals surface area contributed by atoms with Crippen LogP contribution in [0, 0.1) is 0 Å². The first-order valence-electron chi connectivity index (χ1n) is 8.73. The molecule has 3 N–H and O–H groups in total. The molecule has 1 fully saturated rings. The van der Waals surface area contributed by atoms with E-state index in [1.807, 2.05) is 53.4 Å². The molecule has 0 unspecified atom stereocenters. The van der Waals surface area contributed by atoms with Gasteiger partial charge in [0.05, 0.1) is 7.11 Å². The lowest BCUT2D eigenvalue weighted by atomic mass is 10.0. The van der Waals surface area contributed by atoms with Crippen LogP contribution >= 0.6 is 0 Å². The summed E-state index contributed by atoms with van der Waals surface area (Å²) in [6.45, 7) is 1.29. The minimum Gasteiger partial charge on any atom is -0.497 e. The molecule has 132 valence electrons. The molecular weight excluding hydrogens is 314 g/mol. The van der Waals surface area contributed by atoms with E-state index in [4.69, 9.17) is 10.5 Å². The number of carbonyl (C=O) groups is 1. The predicted octanol–water partition coefficient (Wildman–Crippen LogP) is 3.71. The molecule has 5 heteroatoms. The molecule has 0 aromatic heterocycles. The number of nitrogens with zero attached hydrogens (tertiary/aromatic N) is 1. The summed E-state index contributed by atoms with van der Waals surface area (Å²) in [7, 11) is 1.66. The highest BCUT2D eigenvalue weighted by Gasteiger charge is 2.25. The second-order valence-corrected chi connectivity index (χ2v) is 6.32. The van der Waals surface area contributed by atoms with Crippen LogP contribution in [0.1, 0.15) is 19.3 Å². The van der Waals surface area contributed by atoms with Crippen molar-refractivity contribution < 1.29 is 9.53 Å². The van der Waals surface area contributed by atoms with Gasteiger partial charge in [-0.3, -0.25) is 0 Å². The Morgan fingerprint density at radius 1 is 1.20 bits per heavy atom. The van der Waals surface area contributed by atoms with Crippen LogP contribution < -0.4 is 15.8 Å². The molecule has 0 radical (unpaired) electrons. The number of rotatable bonds is 4. The standard InChI is InChI=1S/C20H25N3O2/c1-25-19-7-4-5-16(13-19)15-8-10-17(11-9-15)22-20(24)23-12-3-2-6-18(23)14-21/h4-5,7-11,13,18H,2-3,6,12,14,21H2,1H3,(H,22,24)/t18-/m0/s1. The molecule has 1 saturated heterocycles. The number of ether oxygens (including phenoxy) is 1. The van der Waals surface area contributed by atoms with Gasteiger partial charge in [-0.1, -0.05) is 24.3 Å². The van der Waals surface area contributed by atoms with E-state index in [2.05, 4.69) is 5.32 Å². The molecule has 0 saturated carbocycles. The molecule has 1 aliphatic heterocycles. The molecule has 0 aliphatic carbocycles. The van der Waals surface area contributed by atoms with Gasteiger partial charge < -0.3 is 20.7 Å². The molecule has 5 nitrogen and oxygen atoms in total. The fourth-order valence-electron chi connectivity index (χ4n) is 3.26. The fourth-order valence-corrected chi connectivity index (χ4v) is 3.26. The van der Waals surface area contributed by atoms with Gasteiger partial charge in [-0.2, -0.15) is 0 Å². The molecule has 0 spiro atoms. The Hall–Kier alpha value is -2.53. The maximum Gasteiger partial charge on any atom is 0.322 e. The van der Waals surface area contributed by atoms with Crippen LogP contribution in [-0.4, -0.2) is 37.2 Å². The van der Waals surface area contributed by atoms with Crippen molar-refractivity contribution in [3.63, 3.8) is 0 Å². The second kappa shape index (κ2) is 8.03. The number of urea groups is 1. The van der Waals surface area contributed by atoms with E-state index in [0.29, 0.717) is 6.54 Å². The van der Waals surface area contributed by atoms with Crippen LogP contribution in [0.4, 0.5) is 10.5 Å². The zero-order valence-electron chi connectivity index (χ0n) is 14.6. The number of hydrogen-bond acceptors (Lipinski definition) is 3. The molecule has 1 aliphatic rings. The van der Waals surface area contributed by atoms with Gasteiger partial charge in [0, 0.05) is 24.8 Å². The van der Waals surface area contributed by atoms with Gasteiger partial charge in [-0.05, 0) is 54.7 Å². The minimum atomic E-state index is -0.0655. The minimum absolute atomic E-state index is 0.0655. The number of nitrogens with two attached hydrogens (primary N) is 1. The second-order valence-electron chi connectivity index (χ2n) is 6.32. The molecule has 1 heterocycles. The Kier molecular flexibility index (Phi) is 5.56. The zero-order chi connectivity index (χ0) is 17.6. The first-order chi connectivity index (χ1) is 12.2. The third-order valence-corrected chi connectivity index (χ3v) is 4.70. The molecule has 2 aromatic rings. The van der Waals surface area contributed by atoms with Crippen molar-refractivity contribution in [2.45, 2.75) is 25.3 Å². The van der Waals surface area contributed by atoms with E-state index >= 15 is 0 Å². The number of amides is 2. The lowest BCUT2D eigenvalue weighted by molar-refractivity contribution is 0.166. The molecule has 3 rings (SSSR count). The molecule has 1 atom stereocenters. The molecule has 25 heavy (non-hydrogen) atoms. The summed E-state index contributed by atoms with van der Waals surface area (Å²) in [5, 5.41) is 2.98. The van der Waals surface area contributed by atoms with Gasteiger partial charge in [-0.25, -0.2) is 4.79 Å². The van der Waals surface area contributed by atoms with Crippen molar-refractivity contribution in [3.05, 3.63) is 48.5 Å². The number of likely N-dealkylation sites (tertiary alicyclic amines) is 1. The number of piperidine rings is 1. The van der Waals surface area contributed by atoms with Gasteiger partial charge in [0.2, 0.25) is 0 Å². The number of anilines is 1. The lowest BCUT2D eigenvalue weighted by Crippen LogP contribution is -2.49. The van der Waals surface area contributed by atoms with Gasteiger partial charge in [0.15, 0.2) is 0 Å². The highest BCUT2D eigenvalue weighted by atomic mass is 16.5.